The molecule has 1 aliphatic heterocycles. The number of carbonyl (C=O) groups is 2. The van der Waals surface area contributed by atoms with Gasteiger partial charge in [-0.05, 0) is 43.9 Å². The van der Waals surface area contributed by atoms with Gasteiger partial charge in [-0.25, -0.2) is 9.10 Å². The molecule has 1 saturated heterocycles. The largest absolute Gasteiger partial charge is 0.465 e. The third-order valence-corrected chi connectivity index (χ3v) is 10.9. The van der Waals surface area contributed by atoms with Gasteiger partial charge >= 0.3 is 6.09 Å². The number of ether oxygens (including phenoxy) is 1. The maximum absolute atomic E-state index is 13.8. The lowest BCUT2D eigenvalue weighted by atomic mass is 9.69. The number of carbonyl (C=O) groups excluding carboxylic acids is 1. The smallest absolute Gasteiger partial charge is 0.404 e. The maximum atomic E-state index is 13.8. The van der Waals surface area contributed by atoms with Crippen molar-refractivity contribution in [2.45, 2.75) is 104 Å². The van der Waals surface area contributed by atoms with Crippen LogP contribution < -0.4 is 5.32 Å². The number of amides is 2. The number of unbranched alkanes of at least 4 members (excludes halogenated alkanes) is 3. The molecule has 0 aromatic carbocycles. The molecule has 0 aromatic heterocycles. The van der Waals surface area contributed by atoms with Crippen molar-refractivity contribution in [2.24, 2.45) is 22.7 Å². The molecule has 3 rings (SSSR count). The molecular formula is C24H44N2O6S. The van der Waals surface area contributed by atoms with E-state index in [2.05, 4.69) is 26.1 Å². The minimum Gasteiger partial charge on any atom is -0.465 e. The summed E-state index contributed by atoms with van der Waals surface area (Å²) >= 11 is 0. The highest BCUT2D eigenvalue weighted by atomic mass is 32.3. The van der Waals surface area contributed by atoms with Crippen molar-refractivity contribution >= 4 is 22.8 Å². The first-order chi connectivity index (χ1) is 15.4. The zero-order valence-electron chi connectivity index (χ0n) is 20.9. The number of hydrogen-bond donors (Lipinski definition) is 4. The van der Waals surface area contributed by atoms with E-state index in [1.807, 2.05) is 6.92 Å². The Hall–Kier alpha value is -1.03. The first-order valence-electron chi connectivity index (χ1n) is 12.6. The van der Waals surface area contributed by atoms with Gasteiger partial charge in [-0.2, -0.15) is 0 Å². The highest BCUT2D eigenvalue weighted by Gasteiger charge is 2.72. The zero-order chi connectivity index (χ0) is 24.6. The van der Waals surface area contributed by atoms with E-state index < -0.39 is 28.9 Å². The molecule has 3 aliphatic rings. The Morgan fingerprint density at radius 2 is 1.91 bits per heavy atom. The second-order valence-electron chi connectivity index (χ2n) is 11.1. The molecule has 0 unspecified atom stereocenters. The number of hydrogen-bond acceptors (Lipinski definition) is 5. The number of carboxylic acid groups (broad SMARTS) is 1. The number of rotatable bonds is 11. The zero-order valence-corrected chi connectivity index (χ0v) is 21.7. The normalized spacial score (nSPS) is 32.8. The lowest BCUT2D eigenvalue weighted by Crippen LogP contribution is -2.48. The monoisotopic (exact) mass is 488 g/mol. The summed E-state index contributed by atoms with van der Waals surface area (Å²) < 4.78 is 29.9. The summed E-state index contributed by atoms with van der Waals surface area (Å²) in [4.78, 5) is 24.7. The predicted molar refractivity (Wildman–Crippen MR) is 130 cm³/mol. The van der Waals surface area contributed by atoms with Crippen LogP contribution in [-0.2, 0) is 9.53 Å². The quantitative estimate of drug-likeness (QED) is 0.292. The van der Waals surface area contributed by atoms with Crippen molar-refractivity contribution < 1.29 is 28.5 Å². The Kier molecular flexibility index (Phi) is 7.98. The van der Waals surface area contributed by atoms with Gasteiger partial charge in [0.2, 0.25) is 5.91 Å². The van der Waals surface area contributed by atoms with Crippen LogP contribution in [0.2, 0.25) is 0 Å². The summed E-state index contributed by atoms with van der Waals surface area (Å²) in [5.74, 6) is 0.0153. The van der Waals surface area contributed by atoms with Crippen molar-refractivity contribution in [1.29, 1.82) is 0 Å². The van der Waals surface area contributed by atoms with E-state index in [1.54, 1.807) is 6.92 Å². The molecule has 33 heavy (non-hydrogen) atoms. The summed E-state index contributed by atoms with van der Waals surface area (Å²) in [6, 6.07) is -0.127. The molecular weight excluding hydrogens is 444 g/mol. The van der Waals surface area contributed by atoms with Crippen LogP contribution in [0.1, 0.15) is 86.0 Å². The maximum Gasteiger partial charge on any atom is 0.404 e. The SMILES string of the molecule is CCCCCC[C@@H](O[C@@H](C)CNC(=O)O)[C@@H](C)C(=O)N1[C@H]2C[C@@H]3CC[C@@]2(CS1(O)O)C3(C)C. The Bertz CT molecular complexity index is 732. The molecule has 0 aromatic rings. The Morgan fingerprint density at radius 1 is 1.21 bits per heavy atom. The van der Waals surface area contributed by atoms with Gasteiger partial charge in [0.25, 0.3) is 0 Å². The van der Waals surface area contributed by atoms with Gasteiger partial charge < -0.3 is 15.2 Å². The predicted octanol–water partition coefficient (Wildman–Crippen LogP) is 5.34. The average Bonchev–Trinajstić information content (AvgIpc) is 3.21. The molecule has 4 N–H and O–H groups in total. The van der Waals surface area contributed by atoms with E-state index in [1.165, 1.54) is 4.31 Å². The van der Waals surface area contributed by atoms with E-state index in [0.29, 0.717) is 12.3 Å². The van der Waals surface area contributed by atoms with Gasteiger partial charge in [-0.1, -0.05) is 53.4 Å². The molecule has 192 valence electrons. The van der Waals surface area contributed by atoms with Crippen LogP contribution in [-0.4, -0.2) is 61.1 Å². The Morgan fingerprint density at radius 3 is 2.52 bits per heavy atom. The topological polar surface area (TPSA) is 119 Å². The fraction of sp³-hybridized carbons (Fsp3) is 0.917. The first-order valence-corrected chi connectivity index (χ1v) is 14.3. The molecule has 1 spiro atoms. The fourth-order valence-electron chi connectivity index (χ4n) is 6.76. The molecule has 0 radical (unpaired) electrons. The molecule has 2 aliphatic carbocycles. The van der Waals surface area contributed by atoms with Crippen LogP contribution in [0.3, 0.4) is 0 Å². The third kappa shape index (κ3) is 4.88. The van der Waals surface area contributed by atoms with Gasteiger partial charge in [0, 0.05) is 12.0 Å². The summed E-state index contributed by atoms with van der Waals surface area (Å²) in [5, 5.41) is 11.2. The highest BCUT2D eigenvalue weighted by molar-refractivity contribution is 8.22. The third-order valence-electron chi connectivity index (χ3n) is 8.89. The van der Waals surface area contributed by atoms with Crippen LogP contribution in [0.15, 0.2) is 0 Å². The molecule has 2 bridgehead atoms. The fourth-order valence-corrected chi connectivity index (χ4v) is 9.45. The van der Waals surface area contributed by atoms with E-state index >= 15 is 0 Å². The summed E-state index contributed by atoms with van der Waals surface area (Å²) in [7, 11) is -3.18. The van der Waals surface area contributed by atoms with Crippen LogP contribution in [0.4, 0.5) is 4.79 Å². The van der Waals surface area contributed by atoms with E-state index in [-0.39, 0.29) is 41.2 Å². The molecule has 2 amide bonds. The van der Waals surface area contributed by atoms with E-state index in [0.717, 1.165) is 44.9 Å². The van der Waals surface area contributed by atoms with Crippen molar-refractivity contribution in [3.8, 4) is 0 Å². The van der Waals surface area contributed by atoms with Crippen LogP contribution in [0, 0.1) is 22.7 Å². The molecule has 8 nitrogen and oxygen atoms in total. The van der Waals surface area contributed by atoms with Crippen molar-refractivity contribution in [1.82, 2.24) is 9.62 Å². The van der Waals surface area contributed by atoms with Crippen LogP contribution in [0.25, 0.3) is 0 Å². The number of nitrogens with one attached hydrogen (secondary N) is 1. The second-order valence-corrected chi connectivity index (χ2v) is 13.1. The van der Waals surface area contributed by atoms with Crippen LogP contribution >= 0.6 is 10.8 Å². The standard InChI is InChI=1S/C24H44N2O6S/c1-6-7-8-9-10-19(32-16(2)14-25-22(28)29)17(3)21(27)26-20-13-18-11-12-24(20,23(18,4)5)15-33(26,30)31/h16-20,25,30-31H,6-15H2,1-5H3,(H,28,29)/t16-,17+,18-,19+,20-,24-/m0/s1. The highest BCUT2D eigenvalue weighted by Crippen LogP contribution is 2.76. The van der Waals surface area contributed by atoms with Gasteiger partial charge in [0.15, 0.2) is 0 Å². The van der Waals surface area contributed by atoms with Crippen molar-refractivity contribution in [3.05, 3.63) is 0 Å². The molecule has 1 heterocycles. The van der Waals surface area contributed by atoms with Gasteiger partial charge in [-0.15, -0.1) is 10.8 Å². The minimum absolute atomic E-state index is 0.00723. The Labute approximate surface area is 200 Å². The Balaban J connectivity index is 1.76. The number of fused-ring (bicyclic) bond motifs is 1. The van der Waals surface area contributed by atoms with E-state index in [9.17, 15) is 18.7 Å². The molecule has 9 heteroatoms. The van der Waals surface area contributed by atoms with Gasteiger partial charge in [-0.3, -0.25) is 13.9 Å². The van der Waals surface area contributed by atoms with E-state index in [4.69, 9.17) is 9.84 Å². The molecule has 3 fully saturated rings. The average molecular weight is 489 g/mol. The number of nitrogens with zero attached hydrogens (tertiary/aromatic N) is 1. The van der Waals surface area contributed by atoms with Crippen molar-refractivity contribution in [3.63, 3.8) is 0 Å². The lowest BCUT2D eigenvalue weighted by Gasteiger charge is -2.42. The summed E-state index contributed by atoms with van der Waals surface area (Å²) in [5.41, 5.74) is -0.227. The van der Waals surface area contributed by atoms with Crippen molar-refractivity contribution in [2.75, 3.05) is 12.3 Å². The molecule has 6 atom stereocenters. The van der Waals surface area contributed by atoms with Crippen LogP contribution in [0.5, 0.6) is 0 Å². The first kappa shape index (κ1) is 26.6. The van der Waals surface area contributed by atoms with Gasteiger partial charge in [0.1, 0.15) is 0 Å². The summed E-state index contributed by atoms with van der Waals surface area (Å²) in [6.07, 6.45) is 5.82. The summed E-state index contributed by atoms with van der Waals surface area (Å²) in [6.45, 7) is 10.4. The molecule has 2 saturated carbocycles. The van der Waals surface area contributed by atoms with Gasteiger partial charge in [0.05, 0.1) is 29.9 Å². The second kappa shape index (κ2) is 9.91. The lowest BCUT2D eigenvalue weighted by molar-refractivity contribution is -0.140. The minimum atomic E-state index is -3.18.